The molecular weight excluding hydrogens is 240 g/mol. The third kappa shape index (κ3) is 2.65. The second-order valence-electron chi connectivity index (χ2n) is 5.99. The molecule has 0 fully saturated rings. The van der Waals surface area contributed by atoms with Gasteiger partial charge in [0.15, 0.2) is 0 Å². The maximum Gasteiger partial charge on any atom is 0.374 e. The summed E-state index contributed by atoms with van der Waals surface area (Å²) in [5, 5.41) is 0.976. The van der Waals surface area contributed by atoms with Crippen molar-refractivity contribution in [2.24, 2.45) is 0 Å². The molecule has 0 saturated heterocycles. The lowest BCUT2D eigenvalue weighted by molar-refractivity contribution is 0.00382. The van der Waals surface area contributed by atoms with Gasteiger partial charge in [-0.25, -0.2) is 4.79 Å². The number of carbonyl (C=O) groups excluding carboxylic acids is 1. The molecule has 3 heteroatoms. The molecule has 1 heterocycles. The number of aryl methyl sites for hydroxylation is 3. The second kappa shape index (κ2) is 4.41. The highest BCUT2D eigenvalue weighted by Crippen LogP contribution is 2.29. The molecule has 0 radical (unpaired) electrons. The highest BCUT2D eigenvalue weighted by atomic mass is 16.6. The van der Waals surface area contributed by atoms with E-state index in [1.54, 1.807) is 6.07 Å². The fourth-order valence-corrected chi connectivity index (χ4v) is 2.08. The number of hydrogen-bond acceptors (Lipinski definition) is 3. The number of hydrogen-bond donors (Lipinski definition) is 0. The van der Waals surface area contributed by atoms with Crippen molar-refractivity contribution in [3.63, 3.8) is 0 Å². The molecule has 102 valence electrons. The number of ether oxygens (including phenoxy) is 1. The highest BCUT2D eigenvalue weighted by Gasteiger charge is 2.22. The molecule has 2 rings (SSSR count). The van der Waals surface area contributed by atoms with Crippen molar-refractivity contribution in [2.45, 2.75) is 47.1 Å². The monoisotopic (exact) mass is 260 g/mol. The SMILES string of the molecule is Cc1cc(C)c2cc(C(=O)OC(C)(C)C)oc2c1C. The lowest BCUT2D eigenvalue weighted by Crippen LogP contribution is -2.23. The third-order valence-corrected chi connectivity index (χ3v) is 3.12. The van der Waals surface area contributed by atoms with E-state index in [9.17, 15) is 4.79 Å². The molecule has 2 aromatic rings. The molecule has 1 aromatic carbocycles. The Kier molecular flexibility index (Phi) is 3.17. The van der Waals surface area contributed by atoms with Crippen LogP contribution in [0.25, 0.3) is 11.0 Å². The molecule has 0 saturated carbocycles. The number of carbonyl (C=O) groups is 1. The largest absolute Gasteiger partial charge is 0.454 e. The molecule has 0 spiro atoms. The van der Waals surface area contributed by atoms with E-state index in [1.807, 2.05) is 41.5 Å². The smallest absolute Gasteiger partial charge is 0.374 e. The van der Waals surface area contributed by atoms with E-state index in [0.717, 1.165) is 27.7 Å². The molecule has 1 aromatic heterocycles. The minimum Gasteiger partial charge on any atom is -0.454 e. The van der Waals surface area contributed by atoms with Crippen molar-refractivity contribution in [3.05, 3.63) is 34.6 Å². The molecule has 0 bridgehead atoms. The van der Waals surface area contributed by atoms with E-state index in [0.29, 0.717) is 0 Å². The molecule has 0 atom stereocenters. The molecule has 0 aliphatic rings. The van der Waals surface area contributed by atoms with Crippen LogP contribution in [0.5, 0.6) is 0 Å². The van der Waals surface area contributed by atoms with E-state index in [-0.39, 0.29) is 5.76 Å². The number of fused-ring (bicyclic) bond motifs is 1. The Morgan fingerprint density at radius 1 is 1.11 bits per heavy atom. The molecule has 0 aliphatic heterocycles. The molecule has 0 N–H and O–H groups in total. The predicted octanol–water partition coefficient (Wildman–Crippen LogP) is 4.31. The summed E-state index contributed by atoms with van der Waals surface area (Å²) in [7, 11) is 0. The topological polar surface area (TPSA) is 39.4 Å². The number of esters is 1. The Labute approximate surface area is 113 Å². The average molecular weight is 260 g/mol. The van der Waals surface area contributed by atoms with Gasteiger partial charge in [0.25, 0.3) is 0 Å². The van der Waals surface area contributed by atoms with Crippen molar-refractivity contribution < 1.29 is 13.9 Å². The van der Waals surface area contributed by atoms with Gasteiger partial charge in [-0.1, -0.05) is 6.07 Å². The quantitative estimate of drug-likeness (QED) is 0.717. The van der Waals surface area contributed by atoms with E-state index in [4.69, 9.17) is 9.15 Å². The van der Waals surface area contributed by atoms with Crippen molar-refractivity contribution in [1.82, 2.24) is 0 Å². The van der Waals surface area contributed by atoms with Crippen LogP contribution < -0.4 is 0 Å². The van der Waals surface area contributed by atoms with Gasteiger partial charge in [-0.2, -0.15) is 0 Å². The molecular formula is C16H20O3. The summed E-state index contributed by atoms with van der Waals surface area (Å²) in [5.74, 6) is -0.151. The zero-order valence-corrected chi connectivity index (χ0v) is 12.4. The lowest BCUT2D eigenvalue weighted by atomic mass is 10.0. The second-order valence-corrected chi connectivity index (χ2v) is 5.99. The Morgan fingerprint density at radius 3 is 2.32 bits per heavy atom. The fraction of sp³-hybridized carbons (Fsp3) is 0.438. The van der Waals surface area contributed by atoms with Crippen LogP contribution in [0.2, 0.25) is 0 Å². The normalized spacial score (nSPS) is 11.9. The molecule has 0 amide bonds. The molecule has 0 aliphatic carbocycles. The van der Waals surface area contributed by atoms with Crippen LogP contribution in [0.3, 0.4) is 0 Å². The summed E-state index contributed by atoms with van der Waals surface area (Å²) in [6.45, 7) is 11.6. The molecule has 19 heavy (non-hydrogen) atoms. The van der Waals surface area contributed by atoms with Crippen LogP contribution >= 0.6 is 0 Å². The van der Waals surface area contributed by atoms with Gasteiger partial charge in [-0.15, -0.1) is 0 Å². The van der Waals surface area contributed by atoms with Crippen LogP contribution in [-0.2, 0) is 4.74 Å². The summed E-state index contributed by atoms with van der Waals surface area (Å²) in [5.41, 5.74) is 3.59. The summed E-state index contributed by atoms with van der Waals surface area (Å²) < 4.78 is 11.0. The van der Waals surface area contributed by atoms with Crippen LogP contribution in [0, 0.1) is 20.8 Å². The van der Waals surface area contributed by atoms with Crippen molar-refractivity contribution in [3.8, 4) is 0 Å². The van der Waals surface area contributed by atoms with E-state index >= 15 is 0 Å². The van der Waals surface area contributed by atoms with Gasteiger partial charge in [-0.05, 0) is 64.3 Å². The van der Waals surface area contributed by atoms with E-state index in [2.05, 4.69) is 6.07 Å². The van der Waals surface area contributed by atoms with Gasteiger partial charge in [0.05, 0.1) is 0 Å². The van der Waals surface area contributed by atoms with Crippen LogP contribution in [0.4, 0.5) is 0 Å². The summed E-state index contributed by atoms with van der Waals surface area (Å²) in [6.07, 6.45) is 0. The van der Waals surface area contributed by atoms with Gasteiger partial charge < -0.3 is 9.15 Å². The Morgan fingerprint density at radius 2 is 1.74 bits per heavy atom. The molecule has 0 unspecified atom stereocenters. The fourth-order valence-electron chi connectivity index (χ4n) is 2.08. The van der Waals surface area contributed by atoms with Gasteiger partial charge in [0.1, 0.15) is 11.2 Å². The van der Waals surface area contributed by atoms with Gasteiger partial charge in [0.2, 0.25) is 5.76 Å². The highest BCUT2D eigenvalue weighted by molar-refractivity contribution is 5.95. The van der Waals surface area contributed by atoms with Crippen molar-refractivity contribution in [2.75, 3.05) is 0 Å². The Bertz CT molecular complexity index is 642. The van der Waals surface area contributed by atoms with Crippen LogP contribution in [0.15, 0.2) is 16.5 Å². The van der Waals surface area contributed by atoms with Gasteiger partial charge in [0, 0.05) is 5.39 Å². The molecule has 3 nitrogen and oxygen atoms in total. The lowest BCUT2D eigenvalue weighted by Gasteiger charge is -2.18. The van der Waals surface area contributed by atoms with Crippen molar-refractivity contribution >= 4 is 16.9 Å². The first-order valence-corrected chi connectivity index (χ1v) is 6.43. The maximum absolute atomic E-state index is 12.0. The first-order valence-electron chi connectivity index (χ1n) is 6.43. The summed E-state index contributed by atoms with van der Waals surface area (Å²) in [6, 6.07) is 3.87. The summed E-state index contributed by atoms with van der Waals surface area (Å²) >= 11 is 0. The summed E-state index contributed by atoms with van der Waals surface area (Å²) in [4.78, 5) is 12.0. The maximum atomic E-state index is 12.0. The first-order chi connectivity index (χ1) is 8.69. The first kappa shape index (κ1) is 13.7. The van der Waals surface area contributed by atoms with Gasteiger partial charge >= 0.3 is 5.97 Å². The number of benzene rings is 1. The van der Waals surface area contributed by atoms with Crippen molar-refractivity contribution in [1.29, 1.82) is 0 Å². The minimum atomic E-state index is -0.518. The van der Waals surface area contributed by atoms with Crippen LogP contribution in [0.1, 0.15) is 48.0 Å². The van der Waals surface area contributed by atoms with Gasteiger partial charge in [-0.3, -0.25) is 0 Å². The third-order valence-electron chi connectivity index (χ3n) is 3.12. The Hall–Kier alpha value is -1.77. The predicted molar refractivity (Wildman–Crippen MR) is 75.6 cm³/mol. The Balaban J connectivity index is 2.51. The zero-order chi connectivity index (χ0) is 14.4. The number of rotatable bonds is 1. The minimum absolute atomic E-state index is 0.265. The number of furan rings is 1. The van der Waals surface area contributed by atoms with Crippen LogP contribution in [-0.4, -0.2) is 11.6 Å². The average Bonchev–Trinajstić information content (AvgIpc) is 2.69. The zero-order valence-electron chi connectivity index (χ0n) is 12.4. The standard InChI is InChI=1S/C16H20O3/c1-9-7-10(2)12-8-13(18-14(12)11(9)3)15(17)19-16(4,5)6/h7-8H,1-6H3. The van der Waals surface area contributed by atoms with E-state index < -0.39 is 11.6 Å². The van der Waals surface area contributed by atoms with E-state index in [1.165, 1.54) is 0 Å².